The van der Waals surface area contributed by atoms with Crippen LogP contribution in [0.3, 0.4) is 0 Å². The number of carbonyl (C=O) groups excluding carboxylic acids is 1. The molecule has 1 aromatic rings. The molecule has 3 heterocycles. The van der Waals surface area contributed by atoms with E-state index in [1.807, 2.05) is 11.5 Å². The van der Waals surface area contributed by atoms with Crippen molar-refractivity contribution in [2.24, 2.45) is 0 Å². The Bertz CT molecular complexity index is 491. The maximum Gasteiger partial charge on any atom is 0.282 e. The number of amides is 1. The van der Waals surface area contributed by atoms with E-state index < -0.39 is 24.9 Å². The van der Waals surface area contributed by atoms with Gasteiger partial charge in [-0.25, -0.2) is 13.8 Å². The van der Waals surface area contributed by atoms with Gasteiger partial charge in [0, 0.05) is 19.3 Å². The summed E-state index contributed by atoms with van der Waals surface area (Å²) in [7, 11) is 0. The van der Waals surface area contributed by atoms with Crippen LogP contribution in [-0.2, 0) is 6.54 Å². The lowest BCUT2D eigenvalue weighted by molar-refractivity contribution is -0.113. The molecular weight excluding hydrogens is 242 g/mol. The number of likely N-dealkylation sites (tertiary alicyclic amines) is 1. The van der Waals surface area contributed by atoms with Crippen LogP contribution in [0.1, 0.15) is 29.3 Å². The summed E-state index contributed by atoms with van der Waals surface area (Å²) in [6.07, 6.45) is 1.66. The number of fused-ring (bicyclic) bond motifs is 1. The second-order valence-corrected chi connectivity index (χ2v) is 4.87. The van der Waals surface area contributed by atoms with Gasteiger partial charge in [0.25, 0.3) is 11.8 Å². The van der Waals surface area contributed by atoms with Gasteiger partial charge in [0.2, 0.25) is 0 Å². The van der Waals surface area contributed by atoms with Crippen LogP contribution in [0.4, 0.5) is 8.78 Å². The van der Waals surface area contributed by atoms with Crippen LogP contribution >= 0.6 is 0 Å². The molecule has 0 radical (unpaired) electrons. The van der Waals surface area contributed by atoms with Gasteiger partial charge in [-0.1, -0.05) is 0 Å². The third-order valence-corrected chi connectivity index (χ3v) is 3.35. The highest BCUT2D eigenvalue weighted by Crippen LogP contribution is 2.28. The van der Waals surface area contributed by atoms with Crippen molar-refractivity contribution >= 4 is 5.91 Å². The van der Waals surface area contributed by atoms with E-state index in [0.717, 1.165) is 23.8 Å². The third-order valence-electron chi connectivity index (χ3n) is 3.35. The van der Waals surface area contributed by atoms with E-state index in [1.54, 1.807) is 6.20 Å². The molecule has 2 aliphatic heterocycles. The Kier molecular flexibility index (Phi) is 2.41. The summed E-state index contributed by atoms with van der Waals surface area (Å²) in [4.78, 5) is 17.3. The van der Waals surface area contributed by atoms with Gasteiger partial charge >= 0.3 is 0 Å². The van der Waals surface area contributed by atoms with Crippen LogP contribution in [0.2, 0.25) is 0 Å². The molecule has 0 unspecified atom stereocenters. The first-order chi connectivity index (χ1) is 8.46. The number of imidazole rings is 1. The van der Waals surface area contributed by atoms with Crippen molar-refractivity contribution in [3.8, 4) is 0 Å². The fourth-order valence-corrected chi connectivity index (χ4v) is 2.37. The van der Waals surface area contributed by atoms with Gasteiger partial charge in [0.15, 0.2) is 0 Å². The lowest BCUT2D eigenvalue weighted by Gasteiger charge is -2.38. The minimum absolute atomic E-state index is 0.0816. The number of hydrogen-bond acceptors (Lipinski definition) is 3. The molecule has 18 heavy (non-hydrogen) atoms. The molecular formula is C11H14F2N4O. The highest BCUT2D eigenvalue weighted by atomic mass is 19.3. The molecule has 0 aromatic carbocycles. The van der Waals surface area contributed by atoms with E-state index in [1.165, 1.54) is 0 Å². The molecule has 7 heteroatoms. The van der Waals surface area contributed by atoms with Crippen LogP contribution in [-0.4, -0.2) is 45.9 Å². The minimum atomic E-state index is -2.73. The summed E-state index contributed by atoms with van der Waals surface area (Å²) in [5.41, 5.74) is 0.260. The standard InChI is InChI=1S/C11H14F2N4O/c1-7-9-15-8(4-16(9)3-2-14-7)10(18)17-5-11(12,13)6-17/h4,7,14H,2-3,5-6H2,1H3/t7-/m0/s1. The molecule has 0 spiro atoms. The van der Waals surface area contributed by atoms with Crippen molar-refractivity contribution in [3.63, 3.8) is 0 Å². The van der Waals surface area contributed by atoms with Gasteiger partial charge in [-0.05, 0) is 6.92 Å². The molecule has 5 nitrogen and oxygen atoms in total. The second kappa shape index (κ2) is 3.74. The van der Waals surface area contributed by atoms with Crippen LogP contribution < -0.4 is 5.32 Å². The molecule has 1 atom stereocenters. The molecule has 1 aromatic heterocycles. The largest absolute Gasteiger partial charge is 0.331 e. The topological polar surface area (TPSA) is 50.2 Å². The molecule has 3 rings (SSSR count). The van der Waals surface area contributed by atoms with E-state index in [9.17, 15) is 13.6 Å². The molecule has 98 valence electrons. The summed E-state index contributed by atoms with van der Waals surface area (Å²) in [5, 5.41) is 3.23. The number of halogens is 2. The number of rotatable bonds is 1. The van der Waals surface area contributed by atoms with Gasteiger partial charge in [-0.3, -0.25) is 4.79 Å². The molecule has 1 fully saturated rings. The lowest BCUT2D eigenvalue weighted by atomic mass is 10.1. The highest BCUT2D eigenvalue weighted by molar-refractivity contribution is 5.93. The zero-order valence-electron chi connectivity index (χ0n) is 9.99. The zero-order valence-corrected chi connectivity index (χ0v) is 9.99. The van der Waals surface area contributed by atoms with Gasteiger partial charge < -0.3 is 14.8 Å². The minimum Gasteiger partial charge on any atom is -0.331 e. The molecule has 1 N–H and O–H groups in total. The molecule has 0 aliphatic carbocycles. The Morgan fingerprint density at radius 1 is 1.56 bits per heavy atom. The molecule has 0 bridgehead atoms. The third kappa shape index (κ3) is 1.78. The fourth-order valence-electron chi connectivity index (χ4n) is 2.37. The van der Waals surface area contributed by atoms with E-state index in [2.05, 4.69) is 10.3 Å². The fraction of sp³-hybridized carbons (Fsp3) is 0.636. The molecule has 1 amide bonds. The average molecular weight is 256 g/mol. The summed E-state index contributed by atoms with van der Waals surface area (Å²) in [5.74, 6) is -2.35. The first-order valence-electron chi connectivity index (χ1n) is 5.94. The number of alkyl halides is 2. The summed E-state index contributed by atoms with van der Waals surface area (Å²) in [6, 6.07) is 0.0816. The van der Waals surface area contributed by atoms with Crippen LogP contribution in [0.15, 0.2) is 6.20 Å². The smallest absolute Gasteiger partial charge is 0.282 e. The van der Waals surface area contributed by atoms with Crippen LogP contribution in [0.5, 0.6) is 0 Å². The van der Waals surface area contributed by atoms with Gasteiger partial charge in [0.1, 0.15) is 11.5 Å². The average Bonchev–Trinajstić information content (AvgIpc) is 2.70. The zero-order chi connectivity index (χ0) is 12.9. The maximum atomic E-state index is 12.7. The monoisotopic (exact) mass is 256 g/mol. The molecule has 1 saturated heterocycles. The predicted octanol–water partition coefficient (Wildman–Crippen LogP) is 0.638. The van der Waals surface area contributed by atoms with Gasteiger partial charge in [-0.15, -0.1) is 0 Å². The Morgan fingerprint density at radius 3 is 2.89 bits per heavy atom. The summed E-state index contributed by atoms with van der Waals surface area (Å²) in [6.45, 7) is 2.53. The van der Waals surface area contributed by atoms with Gasteiger partial charge in [0.05, 0.1) is 19.1 Å². The van der Waals surface area contributed by atoms with E-state index in [4.69, 9.17) is 0 Å². The SMILES string of the molecule is C[C@@H]1NCCn2cc(C(=O)N3CC(F)(F)C3)nc21. The second-order valence-electron chi connectivity index (χ2n) is 4.87. The van der Waals surface area contributed by atoms with E-state index in [-0.39, 0.29) is 11.7 Å². The number of aromatic nitrogens is 2. The molecule has 2 aliphatic rings. The number of hydrogen-bond donors (Lipinski definition) is 1. The predicted molar refractivity (Wildman–Crippen MR) is 59.5 cm³/mol. The number of nitrogens with one attached hydrogen (secondary N) is 1. The van der Waals surface area contributed by atoms with Crippen molar-refractivity contribution in [3.05, 3.63) is 17.7 Å². The Labute approximate surface area is 103 Å². The van der Waals surface area contributed by atoms with Gasteiger partial charge in [-0.2, -0.15) is 0 Å². The maximum absolute atomic E-state index is 12.7. The Morgan fingerprint density at radius 2 is 2.28 bits per heavy atom. The van der Waals surface area contributed by atoms with E-state index >= 15 is 0 Å². The summed E-state index contributed by atoms with van der Waals surface area (Å²) >= 11 is 0. The van der Waals surface area contributed by atoms with E-state index in [0.29, 0.717) is 0 Å². The van der Waals surface area contributed by atoms with Crippen molar-refractivity contribution < 1.29 is 13.6 Å². The highest BCUT2D eigenvalue weighted by Gasteiger charge is 2.47. The molecule has 0 saturated carbocycles. The van der Waals surface area contributed by atoms with Crippen molar-refractivity contribution in [1.82, 2.24) is 19.8 Å². The van der Waals surface area contributed by atoms with Crippen LogP contribution in [0.25, 0.3) is 0 Å². The number of nitrogens with zero attached hydrogens (tertiary/aromatic N) is 3. The normalized spacial score (nSPS) is 25.5. The summed E-state index contributed by atoms with van der Waals surface area (Å²) < 4.78 is 27.4. The van der Waals surface area contributed by atoms with Crippen LogP contribution in [0, 0.1) is 0 Å². The Balaban J connectivity index is 1.79. The first-order valence-corrected chi connectivity index (χ1v) is 5.94. The quantitative estimate of drug-likeness (QED) is 0.802. The first kappa shape index (κ1) is 11.6. The van der Waals surface area contributed by atoms with Crippen molar-refractivity contribution in [2.75, 3.05) is 19.6 Å². The van der Waals surface area contributed by atoms with Crippen molar-refractivity contribution in [1.29, 1.82) is 0 Å². The number of carbonyl (C=O) groups is 1. The Hall–Kier alpha value is -1.50. The lowest BCUT2D eigenvalue weighted by Crippen LogP contribution is -2.58. The van der Waals surface area contributed by atoms with Crippen molar-refractivity contribution in [2.45, 2.75) is 25.4 Å².